The van der Waals surface area contributed by atoms with Crippen LogP contribution in [-0.2, 0) is 11.3 Å². The Labute approximate surface area is 204 Å². The number of nitrogens with zero attached hydrogens (tertiary/aromatic N) is 2. The minimum atomic E-state index is -0.385. The first-order valence-electron chi connectivity index (χ1n) is 10.8. The number of hydrogen-bond donors (Lipinski definition) is 6. The van der Waals surface area contributed by atoms with Gasteiger partial charge in [0.15, 0.2) is 0 Å². The monoisotopic (exact) mass is 466 g/mol. The zero-order chi connectivity index (χ0) is 25.2. The molecular weight excluding hydrogens is 440 g/mol. The third-order valence-electron chi connectivity index (χ3n) is 5.02. The number of rotatable bonds is 8. The van der Waals surface area contributed by atoms with Crippen LogP contribution in [0.15, 0.2) is 89.4 Å². The van der Waals surface area contributed by atoms with Crippen molar-refractivity contribution in [1.29, 1.82) is 16.1 Å². The van der Waals surface area contributed by atoms with E-state index in [0.717, 1.165) is 17.5 Å². The molecule has 1 aliphatic rings. The van der Waals surface area contributed by atoms with E-state index >= 15 is 0 Å². The summed E-state index contributed by atoms with van der Waals surface area (Å²) >= 11 is 0. The first kappa shape index (κ1) is 24.7. The molecule has 0 fully saturated rings. The number of amidine groups is 1. The number of nitrogens with one attached hydrogen (secondary N) is 6. The molecule has 176 valence electrons. The standard InChI is InChI=1S/C26H26N8O/c1-17-4-3-5-25(33-17)34-22(13-24(29)32-16-19-8-6-18(14-27)7-9-19)20-10-11-31-23(12-20)21(15-28)26(35)30-2/h3-13,15,28,31H,16H2,1-2H3,(H2,29,32)(H,30,35)(H,33,34)/b22-13-,23-21+,28-15?. The van der Waals surface area contributed by atoms with Crippen LogP contribution >= 0.6 is 0 Å². The van der Waals surface area contributed by atoms with E-state index in [1.807, 2.05) is 37.3 Å². The van der Waals surface area contributed by atoms with Crippen molar-refractivity contribution in [3.63, 3.8) is 0 Å². The lowest BCUT2D eigenvalue weighted by molar-refractivity contribution is -0.116. The normalized spacial score (nSPS) is 14.1. The topological polar surface area (TPSA) is 150 Å². The zero-order valence-electron chi connectivity index (χ0n) is 19.4. The molecule has 2 heterocycles. The van der Waals surface area contributed by atoms with Crippen LogP contribution in [0.4, 0.5) is 5.82 Å². The Kier molecular flexibility index (Phi) is 8.29. The number of nitriles is 1. The molecule has 0 atom stereocenters. The molecule has 0 saturated heterocycles. The highest BCUT2D eigenvalue weighted by molar-refractivity contribution is 6.12. The molecule has 1 aliphatic heterocycles. The van der Waals surface area contributed by atoms with Crippen molar-refractivity contribution in [2.75, 3.05) is 12.4 Å². The van der Waals surface area contributed by atoms with Crippen molar-refractivity contribution < 1.29 is 4.79 Å². The van der Waals surface area contributed by atoms with Crippen molar-refractivity contribution in [1.82, 2.24) is 20.9 Å². The number of aromatic nitrogens is 1. The molecule has 1 aromatic carbocycles. The van der Waals surface area contributed by atoms with Crippen molar-refractivity contribution in [3.8, 4) is 6.07 Å². The van der Waals surface area contributed by atoms with Crippen molar-refractivity contribution in [2.24, 2.45) is 0 Å². The molecule has 9 heteroatoms. The predicted molar refractivity (Wildman–Crippen MR) is 137 cm³/mol. The lowest BCUT2D eigenvalue weighted by Crippen LogP contribution is -2.25. The smallest absolute Gasteiger partial charge is 0.254 e. The summed E-state index contributed by atoms with van der Waals surface area (Å²) in [6.07, 6.45) is 7.84. The molecule has 0 spiro atoms. The Morgan fingerprint density at radius 2 is 2.00 bits per heavy atom. The van der Waals surface area contributed by atoms with Crippen LogP contribution in [0.1, 0.15) is 16.8 Å². The molecule has 6 N–H and O–H groups in total. The van der Waals surface area contributed by atoms with Gasteiger partial charge in [0.25, 0.3) is 5.91 Å². The van der Waals surface area contributed by atoms with Gasteiger partial charge in [-0.1, -0.05) is 18.2 Å². The van der Waals surface area contributed by atoms with Gasteiger partial charge in [0.1, 0.15) is 11.7 Å². The lowest BCUT2D eigenvalue weighted by Gasteiger charge is -2.18. The van der Waals surface area contributed by atoms with Crippen molar-refractivity contribution >= 4 is 23.8 Å². The average molecular weight is 467 g/mol. The first-order valence-corrected chi connectivity index (χ1v) is 10.8. The largest absolute Gasteiger partial charge is 0.366 e. The summed E-state index contributed by atoms with van der Waals surface area (Å²) in [6.45, 7) is 2.30. The molecule has 1 aromatic heterocycles. The molecule has 2 aromatic rings. The number of benzene rings is 1. The van der Waals surface area contributed by atoms with Crippen molar-refractivity contribution in [3.05, 3.63) is 106 Å². The minimum Gasteiger partial charge on any atom is -0.366 e. The maximum Gasteiger partial charge on any atom is 0.254 e. The van der Waals surface area contributed by atoms with Gasteiger partial charge < -0.3 is 26.7 Å². The number of likely N-dealkylation sites (N-methyl/N-ethyl adjacent to an activating group) is 1. The minimum absolute atomic E-state index is 0.154. The summed E-state index contributed by atoms with van der Waals surface area (Å²) in [4.78, 5) is 16.7. The molecule has 0 radical (unpaired) electrons. The van der Waals surface area contributed by atoms with Gasteiger partial charge in [0, 0.05) is 43.4 Å². The van der Waals surface area contributed by atoms with E-state index in [1.165, 1.54) is 7.05 Å². The molecule has 0 unspecified atom stereocenters. The van der Waals surface area contributed by atoms with E-state index in [2.05, 4.69) is 32.3 Å². The van der Waals surface area contributed by atoms with Gasteiger partial charge in [0.2, 0.25) is 0 Å². The second-order valence-corrected chi connectivity index (χ2v) is 7.55. The molecule has 3 rings (SSSR count). The van der Waals surface area contributed by atoms with Gasteiger partial charge in [-0.05, 0) is 48.9 Å². The van der Waals surface area contributed by atoms with Gasteiger partial charge in [-0.25, -0.2) is 4.98 Å². The summed E-state index contributed by atoms with van der Waals surface area (Å²) in [5.41, 5.74) is 4.26. The predicted octanol–water partition coefficient (Wildman–Crippen LogP) is 3.02. The molecule has 0 bridgehead atoms. The van der Waals surface area contributed by atoms with E-state index < -0.39 is 0 Å². The number of carbonyl (C=O) groups is 1. The Bertz CT molecular complexity index is 1290. The highest BCUT2D eigenvalue weighted by Crippen LogP contribution is 2.21. The van der Waals surface area contributed by atoms with Crippen LogP contribution in [0.5, 0.6) is 0 Å². The third-order valence-corrected chi connectivity index (χ3v) is 5.02. The second kappa shape index (κ2) is 11.8. The van der Waals surface area contributed by atoms with Crippen LogP contribution in [0.2, 0.25) is 0 Å². The Morgan fingerprint density at radius 3 is 2.66 bits per heavy atom. The van der Waals surface area contributed by atoms with Crippen LogP contribution < -0.4 is 21.3 Å². The Balaban J connectivity index is 1.91. The molecule has 9 nitrogen and oxygen atoms in total. The number of amides is 1. The SMILES string of the molecule is CNC(=O)/C(C=N)=C1C=C(/C(=C/C(=N)NCc2ccc(C#N)cc2)Nc2cccc(C)n2)C=CN\1. The molecule has 0 aliphatic carbocycles. The van der Waals surface area contributed by atoms with Crippen LogP contribution in [0.25, 0.3) is 0 Å². The van der Waals surface area contributed by atoms with Gasteiger partial charge in [-0.15, -0.1) is 0 Å². The maximum atomic E-state index is 12.2. The fourth-order valence-corrected chi connectivity index (χ4v) is 3.22. The van der Waals surface area contributed by atoms with Crippen molar-refractivity contribution in [2.45, 2.75) is 13.5 Å². The summed E-state index contributed by atoms with van der Waals surface area (Å²) < 4.78 is 0. The van der Waals surface area contributed by atoms with E-state index in [1.54, 1.807) is 36.6 Å². The average Bonchev–Trinajstić information content (AvgIpc) is 2.88. The molecule has 1 amide bonds. The van der Waals surface area contributed by atoms with E-state index in [9.17, 15) is 4.79 Å². The Hall–Kier alpha value is -4.97. The van der Waals surface area contributed by atoms with E-state index in [0.29, 0.717) is 34.9 Å². The number of anilines is 1. The molecule has 35 heavy (non-hydrogen) atoms. The summed E-state index contributed by atoms with van der Waals surface area (Å²) in [7, 11) is 1.51. The van der Waals surface area contributed by atoms with Gasteiger partial charge in [-0.2, -0.15) is 5.26 Å². The summed E-state index contributed by atoms with van der Waals surface area (Å²) in [5.74, 6) is 0.374. The quantitative estimate of drug-likeness (QED) is 0.200. The third kappa shape index (κ3) is 6.76. The highest BCUT2D eigenvalue weighted by Gasteiger charge is 2.15. The lowest BCUT2D eigenvalue weighted by atomic mass is 10.0. The van der Waals surface area contributed by atoms with Crippen LogP contribution in [0.3, 0.4) is 0 Å². The number of dihydropyridines is 1. The Morgan fingerprint density at radius 1 is 1.23 bits per heavy atom. The fourth-order valence-electron chi connectivity index (χ4n) is 3.22. The number of aryl methyl sites for hydroxylation is 1. The first-order chi connectivity index (χ1) is 16.9. The number of pyridine rings is 1. The zero-order valence-corrected chi connectivity index (χ0v) is 19.4. The van der Waals surface area contributed by atoms with E-state index in [4.69, 9.17) is 16.1 Å². The van der Waals surface area contributed by atoms with Gasteiger partial charge >= 0.3 is 0 Å². The fraction of sp³-hybridized carbons (Fsp3) is 0.115. The summed E-state index contributed by atoms with van der Waals surface area (Å²) in [6, 6.07) is 14.8. The molecule has 0 saturated carbocycles. The van der Waals surface area contributed by atoms with Crippen LogP contribution in [-0.4, -0.2) is 30.0 Å². The molecular formula is C26H26N8O. The second-order valence-electron chi connectivity index (χ2n) is 7.55. The van der Waals surface area contributed by atoms with Crippen LogP contribution in [0, 0.1) is 29.1 Å². The highest BCUT2D eigenvalue weighted by atomic mass is 16.1. The van der Waals surface area contributed by atoms with E-state index in [-0.39, 0.29) is 17.3 Å². The maximum absolute atomic E-state index is 12.2. The van der Waals surface area contributed by atoms with Gasteiger partial charge in [-0.3, -0.25) is 10.2 Å². The summed E-state index contributed by atoms with van der Waals surface area (Å²) in [5, 5.41) is 36.9. The number of hydrogen-bond acceptors (Lipinski definition) is 7. The van der Waals surface area contributed by atoms with Gasteiger partial charge in [0.05, 0.1) is 28.6 Å². The number of allylic oxidation sites excluding steroid dienone is 2. The number of carbonyl (C=O) groups excluding carboxylic acids is 1.